The number of benzene rings is 1. The standard InChI is InChI=1S/C20H25NO6/c1-4-24-11-16-15-7-5-6-8-17(15)27-19(16)20(23)25-12-18(22)21-9-13(2)26-14(3)10-21/h5-8,13-14H,4,9-12H2,1-3H3/t13-,14+. The van der Waals surface area contributed by atoms with Crippen molar-refractivity contribution < 1.29 is 28.2 Å². The van der Waals surface area contributed by atoms with E-state index in [4.69, 9.17) is 18.6 Å². The lowest BCUT2D eigenvalue weighted by molar-refractivity contribution is -0.146. The maximum Gasteiger partial charge on any atom is 0.375 e. The minimum Gasteiger partial charge on any atom is -0.450 e. The van der Waals surface area contributed by atoms with Gasteiger partial charge in [-0.3, -0.25) is 4.79 Å². The third kappa shape index (κ3) is 4.48. The fourth-order valence-electron chi connectivity index (χ4n) is 3.28. The highest BCUT2D eigenvalue weighted by atomic mass is 16.5. The lowest BCUT2D eigenvalue weighted by Gasteiger charge is -2.35. The summed E-state index contributed by atoms with van der Waals surface area (Å²) in [6.07, 6.45) is -0.0804. The molecule has 7 nitrogen and oxygen atoms in total. The van der Waals surface area contributed by atoms with Gasteiger partial charge in [-0.25, -0.2) is 4.79 Å². The smallest absolute Gasteiger partial charge is 0.375 e. The summed E-state index contributed by atoms with van der Waals surface area (Å²) in [5.41, 5.74) is 1.22. The van der Waals surface area contributed by atoms with Gasteiger partial charge in [0.15, 0.2) is 6.61 Å². The monoisotopic (exact) mass is 375 g/mol. The van der Waals surface area contributed by atoms with Gasteiger partial charge in [0.2, 0.25) is 5.76 Å². The van der Waals surface area contributed by atoms with Crippen LogP contribution >= 0.6 is 0 Å². The van der Waals surface area contributed by atoms with E-state index in [-0.39, 0.29) is 37.1 Å². The minimum absolute atomic E-state index is 0.0402. The van der Waals surface area contributed by atoms with Crippen LogP contribution in [0, 0.1) is 0 Å². The van der Waals surface area contributed by atoms with Crippen LogP contribution in [0.2, 0.25) is 0 Å². The van der Waals surface area contributed by atoms with Crippen molar-refractivity contribution in [2.45, 2.75) is 39.6 Å². The van der Waals surface area contributed by atoms with Crippen LogP contribution in [0.1, 0.15) is 36.9 Å². The third-order valence-corrected chi connectivity index (χ3v) is 4.43. The van der Waals surface area contributed by atoms with Crippen molar-refractivity contribution >= 4 is 22.8 Å². The van der Waals surface area contributed by atoms with Gasteiger partial charge in [-0.1, -0.05) is 18.2 Å². The van der Waals surface area contributed by atoms with E-state index in [9.17, 15) is 9.59 Å². The van der Waals surface area contributed by atoms with Gasteiger partial charge in [-0.05, 0) is 26.8 Å². The molecule has 1 amide bonds. The predicted octanol–water partition coefficient (Wildman–Crippen LogP) is 2.76. The van der Waals surface area contributed by atoms with Crippen molar-refractivity contribution in [1.29, 1.82) is 0 Å². The summed E-state index contributed by atoms with van der Waals surface area (Å²) in [6, 6.07) is 7.34. The van der Waals surface area contributed by atoms with Crippen molar-refractivity contribution in [2.75, 3.05) is 26.3 Å². The van der Waals surface area contributed by atoms with Gasteiger partial charge in [0.1, 0.15) is 5.58 Å². The molecule has 2 heterocycles. The molecule has 0 unspecified atom stereocenters. The Morgan fingerprint density at radius 2 is 1.89 bits per heavy atom. The number of esters is 1. The SMILES string of the molecule is CCOCc1c(C(=O)OCC(=O)N2C[C@@H](C)O[C@@H](C)C2)oc2ccccc12. The van der Waals surface area contributed by atoms with Gasteiger partial charge in [-0.2, -0.15) is 0 Å². The van der Waals surface area contributed by atoms with Crippen molar-refractivity contribution in [1.82, 2.24) is 4.90 Å². The molecular formula is C20H25NO6. The van der Waals surface area contributed by atoms with Gasteiger partial charge in [0.05, 0.1) is 18.8 Å². The first-order chi connectivity index (χ1) is 13.0. The number of furan rings is 1. The minimum atomic E-state index is -0.663. The Bertz CT molecular complexity index is 804. The van der Waals surface area contributed by atoms with E-state index in [1.165, 1.54) is 0 Å². The van der Waals surface area contributed by atoms with Gasteiger partial charge in [0.25, 0.3) is 5.91 Å². The second-order valence-corrected chi connectivity index (χ2v) is 6.68. The van der Waals surface area contributed by atoms with Gasteiger partial charge < -0.3 is 23.5 Å². The van der Waals surface area contributed by atoms with E-state index in [1.54, 1.807) is 11.0 Å². The lowest BCUT2D eigenvalue weighted by atomic mass is 10.1. The number of fused-ring (bicyclic) bond motifs is 1. The normalized spacial score (nSPS) is 20.0. The molecule has 27 heavy (non-hydrogen) atoms. The number of morpholine rings is 1. The maximum atomic E-state index is 12.5. The first-order valence-corrected chi connectivity index (χ1v) is 9.18. The Balaban J connectivity index is 1.69. The van der Waals surface area contributed by atoms with E-state index in [1.807, 2.05) is 39.0 Å². The van der Waals surface area contributed by atoms with Gasteiger partial charge >= 0.3 is 5.97 Å². The summed E-state index contributed by atoms with van der Waals surface area (Å²) < 4.78 is 22.0. The number of para-hydroxylation sites is 1. The molecule has 0 saturated carbocycles. The van der Waals surface area contributed by atoms with Gasteiger partial charge in [-0.15, -0.1) is 0 Å². The molecule has 0 radical (unpaired) electrons. The molecule has 3 rings (SSSR count). The van der Waals surface area contributed by atoms with Crippen LogP contribution in [0.15, 0.2) is 28.7 Å². The topological polar surface area (TPSA) is 78.2 Å². The molecule has 0 aliphatic carbocycles. The largest absolute Gasteiger partial charge is 0.450 e. The van der Waals surface area contributed by atoms with Gasteiger partial charge in [0, 0.05) is 30.6 Å². The second kappa shape index (κ2) is 8.54. The number of hydrogen-bond acceptors (Lipinski definition) is 6. The maximum absolute atomic E-state index is 12.5. The molecule has 146 valence electrons. The fourth-order valence-corrected chi connectivity index (χ4v) is 3.28. The molecule has 2 aromatic rings. The Kier molecular flexibility index (Phi) is 6.13. The summed E-state index contributed by atoms with van der Waals surface area (Å²) in [4.78, 5) is 26.6. The van der Waals surface area contributed by atoms with Crippen LogP contribution in [-0.4, -0.2) is 55.3 Å². The summed E-state index contributed by atoms with van der Waals surface area (Å²) in [5.74, 6) is -0.822. The molecule has 2 atom stereocenters. The van der Waals surface area contributed by atoms with E-state index in [0.29, 0.717) is 30.8 Å². The molecule has 0 spiro atoms. The number of carbonyl (C=O) groups is 2. The van der Waals surface area contributed by atoms with Crippen molar-refractivity contribution in [3.63, 3.8) is 0 Å². The highest BCUT2D eigenvalue weighted by Gasteiger charge is 2.28. The van der Waals surface area contributed by atoms with E-state index in [0.717, 1.165) is 5.39 Å². The van der Waals surface area contributed by atoms with Crippen LogP contribution in [0.4, 0.5) is 0 Å². The molecule has 0 N–H and O–H groups in total. The van der Waals surface area contributed by atoms with E-state index < -0.39 is 5.97 Å². The van der Waals surface area contributed by atoms with E-state index >= 15 is 0 Å². The Morgan fingerprint density at radius 3 is 2.59 bits per heavy atom. The number of amides is 1. The molecule has 1 aromatic heterocycles. The van der Waals surface area contributed by atoms with Crippen LogP contribution < -0.4 is 0 Å². The molecule has 1 aliphatic heterocycles. The van der Waals surface area contributed by atoms with E-state index in [2.05, 4.69) is 0 Å². The second-order valence-electron chi connectivity index (χ2n) is 6.68. The Hall–Kier alpha value is -2.38. The van der Waals surface area contributed by atoms with Crippen LogP contribution in [0.5, 0.6) is 0 Å². The molecule has 1 fully saturated rings. The summed E-state index contributed by atoms with van der Waals surface area (Å²) >= 11 is 0. The van der Waals surface area contributed by atoms with Crippen LogP contribution in [0.25, 0.3) is 11.0 Å². The summed E-state index contributed by atoms with van der Waals surface area (Å²) in [5, 5.41) is 0.806. The number of hydrogen-bond donors (Lipinski definition) is 0. The first kappa shape index (κ1) is 19.4. The quantitative estimate of drug-likeness (QED) is 0.723. The Labute approximate surface area is 158 Å². The number of nitrogens with zero attached hydrogens (tertiary/aromatic N) is 1. The molecule has 1 aliphatic rings. The number of carbonyl (C=O) groups excluding carboxylic acids is 2. The first-order valence-electron chi connectivity index (χ1n) is 9.18. The highest BCUT2D eigenvalue weighted by molar-refractivity contribution is 5.96. The zero-order chi connectivity index (χ0) is 19.4. The van der Waals surface area contributed by atoms with Crippen molar-refractivity contribution in [2.24, 2.45) is 0 Å². The average molecular weight is 375 g/mol. The zero-order valence-electron chi connectivity index (χ0n) is 15.9. The lowest BCUT2D eigenvalue weighted by Crippen LogP contribution is -2.49. The van der Waals surface area contributed by atoms with Crippen LogP contribution in [0.3, 0.4) is 0 Å². The average Bonchev–Trinajstić information content (AvgIpc) is 3.02. The zero-order valence-corrected chi connectivity index (χ0v) is 15.9. The molecule has 1 aromatic carbocycles. The third-order valence-electron chi connectivity index (χ3n) is 4.43. The molecule has 0 bridgehead atoms. The van der Waals surface area contributed by atoms with Crippen molar-refractivity contribution in [3.05, 3.63) is 35.6 Å². The molecular weight excluding hydrogens is 350 g/mol. The number of ether oxygens (including phenoxy) is 3. The highest BCUT2D eigenvalue weighted by Crippen LogP contribution is 2.27. The fraction of sp³-hybridized carbons (Fsp3) is 0.500. The van der Waals surface area contributed by atoms with Crippen LogP contribution in [-0.2, 0) is 25.6 Å². The number of rotatable bonds is 6. The molecule has 7 heteroatoms. The molecule has 1 saturated heterocycles. The summed E-state index contributed by atoms with van der Waals surface area (Å²) in [6.45, 7) is 7.10. The summed E-state index contributed by atoms with van der Waals surface area (Å²) in [7, 11) is 0. The predicted molar refractivity (Wildman–Crippen MR) is 98.4 cm³/mol. The Morgan fingerprint density at radius 1 is 1.19 bits per heavy atom. The van der Waals surface area contributed by atoms with Crippen molar-refractivity contribution in [3.8, 4) is 0 Å².